The van der Waals surface area contributed by atoms with Gasteiger partial charge in [-0.25, -0.2) is 8.78 Å². The van der Waals surface area contributed by atoms with Gasteiger partial charge in [0.15, 0.2) is 0 Å². The zero-order valence-corrected chi connectivity index (χ0v) is 11.9. The standard InChI is InChI=1S/C16H16ClF2N/c1-20-10-13(12-3-2-4-14(17)8-12)5-11-6-15(18)9-16(19)7-11/h2-4,6-9,13,20H,5,10H2,1H3. The highest BCUT2D eigenvalue weighted by Crippen LogP contribution is 2.24. The minimum atomic E-state index is -0.547. The Balaban J connectivity index is 2.25. The van der Waals surface area contributed by atoms with E-state index in [1.165, 1.54) is 12.1 Å². The Kier molecular flexibility index (Phi) is 5.10. The van der Waals surface area contributed by atoms with Gasteiger partial charge < -0.3 is 5.32 Å². The van der Waals surface area contributed by atoms with Crippen LogP contribution in [0.15, 0.2) is 42.5 Å². The van der Waals surface area contributed by atoms with Crippen LogP contribution in [0.5, 0.6) is 0 Å². The van der Waals surface area contributed by atoms with E-state index >= 15 is 0 Å². The molecule has 0 radical (unpaired) electrons. The van der Waals surface area contributed by atoms with E-state index in [4.69, 9.17) is 11.6 Å². The molecule has 0 fully saturated rings. The highest BCUT2D eigenvalue weighted by Gasteiger charge is 2.13. The van der Waals surface area contributed by atoms with Gasteiger partial charge in [0.1, 0.15) is 11.6 Å². The van der Waals surface area contributed by atoms with E-state index in [0.29, 0.717) is 23.6 Å². The van der Waals surface area contributed by atoms with Crippen molar-refractivity contribution in [2.24, 2.45) is 0 Å². The first-order valence-electron chi connectivity index (χ1n) is 6.43. The molecule has 20 heavy (non-hydrogen) atoms. The largest absolute Gasteiger partial charge is 0.319 e. The van der Waals surface area contributed by atoms with Crippen LogP contribution < -0.4 is 5.32 Å². The number of likely N-dealkylation sites (N-methyl/N-ethyl adjacent to an activating group) is 1. The second-order valence-electron chi connectivity index (χ2n) is 4.79. The SMILES string of the molecule is CNCC(Cc1cc(F)cc(F)c1)c1cccc(Cl)c1. The van der Waals surface area contributed by atoms with E-state index in [-0.39, 0.29) is 5.92 Å². The van der Waals surface area contributed by atoms with E-state index in [0.717, 1.165) is 11.6 Å². The molecule has 0 aliphatic heterocycles. The summed E-state index contributed by atoms with van der Waals surface area (Å²) in [7, 11) is 1.85. The van der Waals surface area contributed by atoms with Crippen molar-refractivity contribution in [3.05, 3.63) is 70.2 Å². The monoisotopic (exact) mass is 295 g/mol. The third kappa shape index (κ3) is 4.02. The Hall–Kier alpha value is -1.45. The summed E-state index contributed by atoms with van der Waals surface area (Å²) < 4.78 is 26.5. The molecular weight excluding hydrogens is 280 g/mol. The molecule has 106 valence electrons. The van der Waals surface area contributed by atoms with Gasteiger partial charge in [0, 0.05) is 23.6 Å². The van der Waals surface area contributed by atoms with E-state index in [1.54, 1.807) is 0 Å². The minimum absolute atomic E-state index is 0.111. The summed E-state index contributed by atoms with van der Waals surface area (Å²) in [6.07, 6.45) is 0.551. The molecule has 2 aromatic carbocycles. The molecule has 1 atom stereocenters. The zero-order chi connectivity index (χ0) is 14.5. The lowest BCUT2D eigenvalue weighted by Crippen LogP contribution is -2.19. The van der Waals surface area contributed by atoms with Crippen molar-refractivity contribution in [1.29, 1.82) is 0 Å². The van der Waals surface area contributed by atoms with Crippen molar-refractivity contribution < 1.29 is 8.78 Å². The Morgan fingerprint density at radius 2 is 1.80 bits per heavy atom. The summed E-state index contributed by atoms with van der Waals surface area (Å²) in [5.41, 5.74) is 1.69. The quantitative estimate of drug-likeness (QED) is 0.873. The second kappa shape index (κ2) is 6.82. The first kappa shape index (κ1) is 14.9. The highest BCUT2D eigenvalue weighted by atomic mass is 35.5. The Labute approximate surface area is 122 Å². The molecule has 0 aromatic heterocycles. The van der Waals surface area contributed by atoms with E-state index in [1.807, 2.05) is 31.3 Å². The molecular formula is C16H16ClF2N. The molecule has 0 saturated carbocycles. The fourth-order valence-corrected chi connectivity index (χ4v) is 2.53. The van der Waals surface area contributed by atoms with Gasteiger partial charge in [0.25, 0.3) is 0 Å². The van der Waals surface area contributed by atoms with E-state index < -0.39 is 11.6 Å². The third-order valence-corrected chi connectivity index (χ3v) is 3.41. The average Bonchev–Trinajstić information content (AvgIpc) is 2.37. The smallest absolute Gasteiger partial charge is 0.126 e. The number of hydrogen-bond donors (Lipinski definition) is 1. The van der Waals surface area contributed by atoms with Crippen LogP contribution in [0.3, 0.4) is 0 Å². The molecule has 2 aromatic rings. The molecule has 0 saturated heterocycles. The topological polar surface area (TPSA) is 12.0 Å². The van der Waals surface area contributed by atoms with E-state index in [9.17, 15) is 8.78 Å². The van der Waals surface area contributed by atoms with Crippen LogP contribution in [0, 0.1) is 11.6 Å². The molecule has 0 spiro atoms. The van der Waals surface area contributed by atoms with Gasteiger partial charge in [0.05, 0.1) is 0 Å². The normalized spacial score (nSPS) is 12.4. The molecule has 1 unspecified atom stereocenters. The summed E-state index contributed by atoms with van der Waals surface area (Å²) in [4.78, 5) is 0. The fraction of sp³-hybridized carbons (Fsp3) is 0.250. The molecule has 0 aliphatic rings. The van der Waals surface area contributed by atoms with Crippen molar-refractivity contribution in [3.63, 3.8) is 0 Å². The molecule has 0 aliphatic carbocycles. The maximum Gasteiger partial charge on any atom is 0.126 e. The first-order valence-corrected chi connectivity index (χ1v) is 6.81. The predicted molar refractivity (Wildman–Crippen MR) is 78.2 cm³/mol. The van der Waals surface area contributed by atoms with Crippen molar-refractivity contribution in [3.8, 4) is 0 Å². The van der Waals surface area contributed by atoms with E-state index in [2.05, 4.69) is 5.32 Å². The van der Waals surface area contributed by atoms with Crippen molar-refractivity contribution in [2.75, 3.05) is 13.6 Å². The third-order valence-electron chi connectivity index (χ3n) is 3.18. The van der Waals surface area contributed by atoms with Gasteiger partial charge in [-0.2, -0.15) is 0 Å². The van der Waals surface area contributed by atoms with Crippen LogP contribution in [0.4, 0.5) is 8.78 Å². The fourth-order valence-electron chi connectivity index (χ4n) is 2.33. The number of halogens is 3. The average molecular weight is 296 g/mol. The van der Waals surface area contributed by atoms with Gasteiger partial charge in [0.2, 0.25) is 0 Å². The van der Waals surface area contributed by atoms with Gasteiger partial charge in [-0.3, -0.25) is 0 Å². The van der Waals surface area contributed by atoms with Gasteiger partial charge in [-0.05, 0) is 48.9 Å². The number of rotatable bonds is 5. The van der Waals surface area contributed by atoms with Gasteiger partial charge >= 0.3 is 0 Å². The Morgan fingerprint density at radius 1 is 1.10 bits per heavy atom. The predicted octanol–water partition coefficient (Wildman–Crippen LogP) is 4.16. The molecule has 2 rings (SSSR count). The molecule has 0 heterocycles. The van der Waals surface area contributed by atoms with Crippen LogP contribution >= 0.6 is 11.6 Å². The van der Waals surface area contributed by atoms with Crippen molar-refractivity contribution in [1.82, 2.24) is 5.32 Å². The Morgan fingerprint density at radius 3 is 2.40 bits per heavy atom. The Bertz CT molecular complexity index is 566. The number of benzene rings is 2. The number of nitrogens with one attached hydrogen (secondary N) is 1. The second-order valence-corrected chi connectivity index (χ2v) is 5.23. The maximum absolute atomic E-state index is 13.3. The summed E-state index contributed by atoms with van der Waals surface area (Å²) in [5, 5.41) is 3.77. The zero-order valence-electron chi connectivity index (χ0n) is 11.2. The molecule has 0 amide bonds. The maximum atomic E-state index is 13.3. The lowest BCUT2D eigenvalue weighted by atomic mass is 9.92. The van der Waals surface area contributed by atoms with Gasteiger partial charge in [-0.1, -0.05) is 23.7 Å². The molecule has 4 heteroatoms. The van der Waals surface area contributed by atoms with Gasteiger partial charge in [-0.15, -0.1) is 0 Å². The first-order chi connectivity index (χ1) is 9.58. The van der Waals surface area contributed by atoms with Crippen LogP contribution in [0.1, 0.15) is 17.0 Å². The van der Waals surface area contributed by atoms with Crippen LogP contribution in [-0.4, -0.2) is 13.6 Å². The van der Waals surface area contributed by atoms with Crippen LogP contribution in [0.2, 0.25) is 5.02 Å². The highest BCUT2D eigenvalue weighted by molar-refractivity contribution is 6.30. The lowest BCUT2D eigenvalue weighted by molar-refractivity contribution is 0.571. The summed E-state index contributed by atoms with van der Waals surface area (Å²) in [6, 6.07) is 11.2. The summed E-state index contributed by atoms with van der Waals surface area (Å²) >= 11 is 6.00. The minimum Gasteiger partial charge on any atom is -0.319 e. The number of hydrogen-bond acceptors (Lipinski definition) is 1. The lowest BCUT2D eigenvalue weighted by Gasteiger charge is -2.17. The molecule has 1 N–H and O–H groups in total. The van der Waals surface area contributed by atoms with Crippen LogP contribution in [-0.2, 0) is 6.42 Å². The van der Waals surface area contributed by atoms with Crippen molar-refractivity contribution >= 4 is 11.6 Å². The summed E-state index contributed by atoms with van der Waals surface area (Å²) in [5.74, 6) is -0.983. The molecule has 1 nitrogen and oxygen atoms in total. The summed E-state index contributed by atoms with van der Waals surface area (Å²) in [6.45, 7) is 0.707. The van der Waals surface area contributed by atoms with Crippen molar-refractivity contribution in [2.45, 2.75) is 12.3 Å². The molecule has 0 bridgehead atoms. The van der Waals surface area contributed by atoms with Crippen LogP contribution in [0.25, 0.3) is 0 Å².